The molecule has 1 atom stereocenters. The fourth-order valence-corrected chi connectivity index (χ4v) is 3.82. The lowest BCUT2D eigenvalue weighted by Crippen LogP contribution is -2.40. The fraction of sp³-hybridized carbons (Fsp3) is 0.421. The summed E-state index contributed by atoms with van der Waals surface area (Å²) in [5, 5.41) is 10.4. The van der Waals surface area contributed by atoms with E-state index in [-0.39, 0.29) is 36.8 Å². The van der Waals surface area contributed by atoms with Gasteiger partial charge in [-0.3, -0.25) is 9.48 Å². The third kappa shape index (κ3) is 5.03. The molecule has 3 rings (SSSR count). The van der Waals surface area contributed by atoms with Gasteiger partial charge in [0.2, 0.25) is 0 Å². The van der Waals surface area contributed by atoms with Crippen LogP contribution in [-0.2, 0) is 7.05 Å². The number of nitrogens with zero attached hydrogens (tertiary/aromatic N) is 3. The summed E-state index contributed by atoms with van der Waals surface area (Å²) in [5.41, 5.74) is 8.77. The second-order valence-corrected chi connectivity index (χ2v) is 7.44. The average molecular weight is 444 g/mol. The molecule has 6 nitrogen and oxygen atoms in total. The third-order valence-electron chi connectivity index (χ3n) is 4.51. The van der Waals surface area contributed by atoms with Gasteiger partial charge in [-0.15, -0.1) is 36.2 Å². The van der Waals surface area contributed by atoms with Crippen molar-refractivity contribution in [2.75, 3.05) is 6.54 Å². The van der Waals surface area contributed by atoms with Crippen LogP contribution in [0.3, 0.4) is 0 Å². The van der Waals surface area contributed by atoms with Crippen molar-refractivity contribution in [3.05, 3.63) is 34.8 Å². The van der Waals surface area contributed by atoms with Crippen LogP contribution in [0.15, 0.2) is 23.6 Å². The number of aryl methyl sites for hydroxylation is 2. The maximum atomic E-state index is 13.0. The van der Waals surface area contributed by atoms with E-state index in [1.165, 1.54) is 0 Å². The Morgan fingerprint density at radius 3 is 2.75 bits per heavy atom. The topological polar surface area (TPSA) is 85.8 Å². The number of rotatable bonds is 7. The number of nitrogens with one attached hydrogen (secondary N) is 1. The van der Waals surface area contributed by atoms with Crippen molar-refractivity contribution in [2.45, 2.75) is 39.2 Å². The molecule has 1 unspecified atom stereocenters. The number of hydrogen-bond acceptors (Lipinski definition) is 5. The number of carbonyl (C=O) groups is 1. The highest BCUT2D eigenvalue weighted by atomic mass is 35.5. The van der Waals surface area contributed by atoms with Crippen molar-refractivity contribution in [3.8, 4) is 10.6 Å². The summed E-state index contributed by atoms with van der Waals surface area (Å²) in [6.07, 6.45) is 3.01. The molecule has 0 saturated heterocycles. The lowest BCUT2D eigenvalue weighted by Gasteiger charge is -2.17. The van der Waals surface area contributed by atoms with Gasteiger partial charge in [-0.25, -0.2) is 4.98 Å². The summed E-state index contributed by atoms with van der Waals surface area (Å²) in [7, 11) is 1.85. The van der Waals surface area contributed by atoms with E-state index in [1.807, 2.05) is 37.6 Å². The molecule has 0 aliphatic heterocycles. The van der Waals surface area contributed by atoms with Gasteiger partial charge in [0.15, 0.2) is 5.65 Å². The van der Waals surface area contributed by atoms with Crippen molar-refractivity contribution < 1.29 is 4.79 Å². The zero-order chi connectivity index (χ0) is 18.7. The van der Waals surface area contributed by atoms with Crippen LogP contribution >= 0.6 is 36.2 Å². The first kappa shape index (κ1) is 24.4. The molecule has 3 aromatic heterocycles. The standard InChI is InChI=1S/C19H25N5OS.2ClH/c1-4-5-7-13(11-20)21-19(25)14-10-15(16-8-6-9-26-16)22-18-17(14)12(2)23-24(18)3;;/h6,8-10,13H,4-5,7,11,20H2,1-3H3,(H,21,25);2*1H. The van der Waals surface area contributed by atoms with Gasteiger partial charge in [-0.1, -0.05) is 25.8 Å². The second kappa shape index (κ2) is 10.8. The quantitative estimate of drug-likeness (QED) is 0.575. The van der Waals surface area contributed by atoms with E-state index in [1.54, 1.807) is 16.0 Å². The summed E-state index contributed by atoms with van der Waals surface area (Å²) < 4.78 is 1.73. The lowest BCUT2D eigenvalue weighted by molar-refractivity contribution is 0.0937. The number of aromatic nitrogens is 3. The first-order chi connectivity index (χ1) is 12.5. The molecule has 0 aliphatic rings. The van der Waals surface area contributed by atoms with E-state index in [9.17, 15) is 4.79 Å². The van der Waals surface area contributed by atoms with Gasteiger partial charge in [0.1, 0.15) is 0 Å². The second-order valence-electron chi connectivity index (χ2n) is 6.49. The predicted octanol–water partition coefficient (Wildman–Crippen LogP) is 4.10. The molecule has 28 heavy (non-hydrogen) atoms. The zero-order valence-corrected chi connectivity index (χ0v) is 18.7. The monoisotopic (exact) mass is 443 g/mol. The number of fused-ring (bicyclic) bond motifs is 1. The fourth-order valence-electron chi connectivity index (χ4n) is 3.14. The normalized spacial score (nSPS) is 11.6. The minimum absolute atomic E-state index is 0. The Balaban J connectivity index is 0.00000196. The van der Waals surface area contributed by atoms with E-state index in [0.717, 1.165) is 46.6 Å². The number of thiophene rings is 1. The first-order valence-electron chi connectivity index (χ1n) is 8.94. The highest BCUT2D eigenvalue weighted by molar-refractivity contribution is 7.13. The largest absolute Gasteiger partial charge is 0.348 e. The Morgan fingerprint density at radius 2 is 2.14 bits per heavy atom. The van der Waals surface area contributed by atoms with Crippen molar-refractivity contribution in [3.63, 3.8) is 0 Å². The van der Waals surface area contributed by atoms with Gasteiger partial charge in [0, 0.05) is 19.6 Å². The van der Waals surface area contributed by atoms with E-state index in [2.05, 4.69) is 17.3 Å². The van der Waals surface area contributed by atoms with Crippen molar-refractivity contribution in [2.24, 2.45) is 12.8 Å². The van der Waals surface area contributed by atoms with Crippen LogP contribution in [0.25, 0.3) is 21.6 Å². The molecular formula is C19H27Cl2N5OS. The Kier molecular flexibility index (Phi) is 9.36. The van der Waals surface area contributed by atoms with Crippen LogP contribution in [0.5, 0.6) is 0 Å². The van der Waals surface area contributed by atoms with Crippen LogP contribution < -0.4 is 11.1 Å². The third-order valence-corrected chi connectivity index (χ3v) is 5.41. The maximum Gasteiger partial charge on any atom is 0.252 e. The van der Waals surface area contributed by atoms with E-state index < -0.39 is 0 Å². The molecule has 0 bridgehead atoms. The molecule has 154 valence electrons. The molecule has 3 N–H and O–H groups in total. The van der Waals surface area contributed by atoms with Gasteiger partial charge < -0.3 is 11.1 Å². The Hall–Kier alpha value is -1.67. The van der Waals surface area contributed by atoms with E-state index >= 15 is 0 Å². The number of hydrogen-bond donors (Lipinski definition) is 2. The minimum Gasteiger partial charge on any atom is -0.348 e. The molecule has 3 heterocycles. The molecule has 0 radical (unpaired) electrons. The minimum atomic E-state index is -0.113. The molecular weight excluding hydrogens is 417 g/mol. The van der Waals surface area contributed by atoms with Crippen LogP contribution in [-0.4, -0.2) is 33.3 Å². The number of nitrogens with two attached hydrogens (primary N) is 1. The molecule has 0 fully saturated rings. The maximum absolute atomic E-state index is 13.0. The number of halogens is 2. The van der Waals surface area contributed by atoms with Gasteiger partial charge >= 0.3 is 0 Å². The summed E-state index contributed by atoms with van der Waals surface area (Å²) in [6, 6.07) is 5.84. The average Bonchev–Trinajstić information content (AvgIpc) is 3.26. The highest BCUT2D eigenvalue weighted by Gasteiger charge is 2.21. The molecule has 9 heteroatoms. The van der Waals surface area contributed by atoms with Gasteiger partial charge in [0.25, 0.3) is 5.91 Å². The summed E-state index contributed by atoms with van der Waals surface area (Å²) in [5.74, 6) is -0.113. The van der Waals surface area contributed by atoms with Gasteiger partial charge in [0.05, 0.1) is 27.2 Å². The van der Waals surface area contributed by atoms with E-state index in [4.69, 9.17) is 10.7 Å². The smallest absolute Gasteiger partial charge is 0.252 e. The first-order valence-corrected chi connectivity index (χ1v) is 9.82. The zero-order valence-electron chi connectivity index (χ0n) is 16.3. The number of carbonyl (C=O) groups excluding carboxylic acids is 1. The molecule has 0 aliphatic carbocycles. The van der Waals surface area contributed by atoms with Crippen LogP contribution in [0.1, 0.15) is 42.2 Å². The lowest BCUT2D eigenvalue weighted by atomic mass is 10.1. The Labute approximate surface area is 181 Å². The Bertz CT molecular complexity index is 911. The highest BCUT2D eigenvalue weighted by Crippen LogP contribution is 2.29. The van der Waals surface area contributed by atoms with Crippen LogP contribution in [0.2, 0.25) is 0 Å². The molecule has 3 aromatic rings. The van der Waals surface area contributed by atoms with Crippen molar-refractivity contribution in [1.82, 2.24) is 20.1 Å². The summed E-state index contributed by atoms with van der Waals surface area (Å²) >= 11 is 1.60. The summed E-state index contributed by atoms with van der Waals surface area (Å²) in [6.45, 7) is 4.47. The Morgan fingerprint density at radius 1 is 1.39 bits per heavy atom. The van der Waals surface area contributed by atoms with Crippen LogP contribution in [0, 0.1) is 6.92 Å². The van der Waals surface area contributed by atoms with Gasteiger partial charge in [-0.2, -0.15) is 5.10 Å². The molecule has 0 spiro atoms. The number of unbranched alkanes of at least 4 members (excludes halogenated alkanes) is 1. The number of pyridine rings is 1. The molecule has 0 aromatic carbocycles. The molecule has 0 saturated carbocycles. The van der Waals surface area contributed by atoms with Crippen molar-refractivity contribution in [1.29, 1.82) is 0 Å². The SMILES string of the molecule is CCCCC(CN)NC(=O)c1cc(-c2cccs2)nc2c1c(C)nn2C.Cl.Cl. The summed E-state index contributed by atoms with van der Waals surface area (Å²) in [4.78, 5) is 18.8. The predicted molar refractivity (Wildman–Crippen MR) is 121 cm³/mol. The van der Waals surface area contributed by atoms with Gasteiger partial charge in [-0.05, 0) is 30.9 Å². The molecule has 1 amide bonds. The van der Waals surface area contributed by atoms with Crippen LogP contribution in [0.4, 0.5) is 0 Å². The number of amides is 1. The van der Waals surface area contributed by atoms with Crippen molar-refractivity contribution >= 4 is 53.1 Å². The van der Waals surface area contributed by atoms with E-state index in [0.29, 0.717) is 12.1 Å².